The quantitative estimate of drug-likeness (QED) is 0.261. The lowest BCUT2D eigenvalue weighted by Crippen LogP contribution is -2.61. The molecule has 0 amide bonds. The molecule has 34 heavy (non-hydrogen) atoms. The lowest BCUT2D eigenvalue weighted by Gasteiger charge is -2.60. The van der Waals surface area contributed by atoms with Crippen LogP contribution in [0.15, 0.2) is 0 Å². The van der Waals surface area contributed by atoms with E-state index in [1.807, 2.05) is 0 Å². The van der Waals surface area contributed by atoms with Gasteiger partial charge in [-0.25, -0.2) is 4.79 Å². The van der Waals surface area contributed by atoms with Crippen LogP contribution in [0.5, 0.6) is 0 Å². The monoisotopic (exact) mass is 526 g/mol. The number of ether oxygens (including phenoxy) is 3. The van der Waals surface area contributed by atoms with Gasteiger partial charge in [-0.15, -0.1) is 0 Å². The smallest absolute Gasteiger partial charge is 0.456 e. The van der Waals surface area contributed by atoms with Crippen molar-refractivity contribution < 1.29 is 63.1 Å². The fourth-order valence-electron chi connectivity index (χ4n) is 5.82. The Hall–Kier alpha value is -1.61. The summed E-state index contributed by atoms with van der Waals surface area (Å²) in [5.74, 6) is -8.72. The van der Waals surface area contributed by atoms with E-state index in [1.165, 1.54) is 6.92 Å². The summed E-state index contributed by atoms with van der Waals surface area (Å²) in [5, 5.41) is -5.80. The summed E-state index contributed by atoms with van der Waals surface area (Å²) in [7, 11) is -6.43. The zero-order chi connectivity index (χ0) is 25.8. The highest BCUT2D eigenvalue weighted by Crippen LogP contribution is 2.64. The van der Waals surface area contributed by atoms with E-state index < -0.39 is 63.4 Å². The molecule has 8 nitrogen and oxygen atoms in total. The van der Waals surface area contributed by atoms with Gasteiger partial charge in [-0.05, 0) is 57.3 Å². The van der Waals surface area contributed by atoms with E-state index in [4.69, 9.17) is 14.0 Å². The van der Waals surface area contributed by atoms with E-state index >= 15 is 0 Å². The van der Waals surface area contributed by atoms with Gasteiger partial charge in [-0.3, -0.25) is 9.35 Å². The zero-order valence-corrected chi connectivity index (χ0v) is 18.8. The van der Waals surface area contributed by atoms with Crippen molar-refractivity contribution in [2.75, 3.05) is 13.2 Å². The second kappa shape index (κ2) is 8.50. The van der Waals surface area contributed by atoms with Crippen LogP contribution in [0.2, 0.25) is 0 Å². The van der Waals surface area contributed by atoms with Crippen molar-refractivity contribution in [3.63, 3.8) is 0 Å². The van der Waals surface area contributed by atoms with Crippen molar-refractivity contribution >= 4 is 22.1 Å². The molecule has 4 fully saturated rings. The molecule has 4 saturated carbocycles. The highest BCUT2D eigenvalue weighted by atomic mass is 32.2. The summed E-state index contributed by atoms with van der Waals surface area (Å²) >= 11 is 0. The van der Waals surface area contributed by atoms with Crippen LogP contribution in [0, 0.1) is 17.3 Å². The van der Waals surface area contributed by atoms with Gasteiger partial charge < -0.3 is 14.2 Å². The van der Waals surface area contributed by atoms with E-state index in [0.717, 1.165) is 0 Å². The van der Waals surface area contributed by atoms with Crippen LogP contribution in [0.4, 0.5) is 26.3 Å². The molecular formula is C19H24F6O8S. The predicted molar refractivity (Wildman–Crippen MR) is 99.5 cm³/mol. The van der Waals surface area contributed by atoms with Gasteiger partial charge in [0.25, 0.3) is 0 Å². The van der Waals surface area contributed by atoms with Crippen LogP contribution in [0.3, 0.4) is 0 Å². The van der Waals surface area contributed by atoms with Gasteiger partial charge in [0, 0.05) is 0 Å². The first-order valence-electron chi connectivity index (χ1n) is 10.5. The van der Waals surface area contributed by atoms with Gasteiger partial charge in [-0.1, -0.05) is 0 Å². The van der Waals surface area contributed by atoms with Gasteiger partial charge in [0.15, 0.2) is 0 Å². The Kier molecular flexibility index (Phi) is 6.75. The van der Waals surface area contributed by atoms with Crippen LogP contribution in [-0.4, -0.2) is 61.0 Å². The van der Waals surface area contributed by atoms with Gasteiger partial charge in [0.05, 0.1) is 30.7 Å². The van der Waals surface area contributed by atoms with Gasteiger partial charge >= 0.3 is 39.3 Å². The Morgan fingerprint density at radius 2 is 1.56 bits per heavy atom. The molecule has 0 heterocycles. The first kappa shape index (κ1) is 27.0. The molecule has 0 aromatic heterocycles. The molecule has 2 unspecified atom stereocenters. The number of carbonyl (C=O) groups is 2. The summed E-state index contributed by atoms with van der Waals surface area (Å²) in [5.41, 5.74) is -2.98. The Balaban J connectivity index is 1.71. The van der Waals surface area contributed by atoms with Crippen molar-refractivity contribution in [3.8, 4) is 0 Å². The van der Waals surface area contributed by atoms with E-state index in [0.29, 0.717) is 6.42 Å². The highest BCUT2D eigenvalue weighted by molar-refractivity contribution is 7.87. The Morgan fingerprint density at radius 1 is 1.00 bits per heavy atom. The molecule has 0 aromatic rings. The number of alkyl halides is 6. The third-order valence-electron chi connectivity index (χ3n) is 6.70. The maximum absolute atomic E-state index is 14.3. The molecule has 2 atom stereocenters. The molecule has 15 heteroatoms. The Labute approximate surface area is 191 Å². The summed E-state index contributed by atoms with van der Waals surface area (Å²) in [4.78, 5) is 24.4. The maximum Gasteiger partial charge on any atom is 0.456 e. The molecule has 196 valence electrons. The van der Waals surface area contributed by atoms with E-state index in [-0.39, 0.29) is 50.5 Å². The normalized spacial score (nSPS) is 31.4. The first-order valence-corrected chi connectivity index (χ1v) is 12.0. The lowest BCUT2D eigenvalue weighted by molar-refractivity contribution is -0.323. The van der Waals surface area contributed by atoms with Gasteiger partial charge in [0.1, 0.15) is 0 Å². The van der Waals surface area contributed by atoms with Gasteiger partial charge in [0.2, 0.25) is 0 Å². The first-order chi connectivity index (χ1) is 15.4. The molecular weight excluding hydrogens is 502 g/mol. The van der Waals surface area contributed by atoms with E-state index in [2.05, 4.69) is 4.74 Å². The number of hydrogen-bond acceptors (Lipinski definition) is 7. The fraction of sp³-hybridized carbons (Fsp3) is 0.895. The SMILES string of the molecule is CCOC(=O)C(F)(F)OC12CC3CC(C1)CC(C(=O)OCCC(F)(F)C(F)(F)S(=O)(=O)O)(C3)C2. The van der Waals surface area contributed by atoms with Crippen LogP contribution in [0.25, 0.3) is 0 Å². The largest absolute Gasteiger partial charge is 0.465 e. The highest BCUT2D eigenvalue weighted by Gasteiger charge is 2.67. The van der Waals surface area contributed by atoms with Crippen LogP contribution in [0.1, 0.15) is 51.9 Å². The third-order valence-corrected chi connectivity index (χ3v) is 7.64. The molecule has 1 N–H and O–H groups in total. The average Bonchev–Trinajstić information content (AvgIpc) is 2.65. The van der Waals surface area contributed by atoms with Crippen LogP contribution < -0.4 is 0 Å². The molecule has 0 radical (unpaired) electrons. The van der Waals surface area contributed by atoms with Crippen LogP contribution >= 0.6 is 0 Å². The zero-order valence-electron chi connectivity index (χ0n) is 18.0. The second-order valence-corrected chi connectivity index (χ2v) is 10.8. The van der Waals surface area contributed by atoms with Crippen molar-refractivity contribution in [2.24, 2.45) is 17.3 Å². The maximum atomic E-state index is 14.3. The van der Waals surface area contributed by atoms with Crippen molar-refractivity contribution in [1.82, 2.24) is 0 Å². The van der Waals surface area contributed by atoms with E-state index in [9.17, 15) is 44.3 Å². The number of halogens is 6. The molecule has 0 aromatic carbocycles. The minimum absolute atomic E-state index is 0.131. The summed E-state index contributed by atoms with van der Waals surface area (Å²) in [6.45, 7) is -0.284. The number of carbonyl (C=O) groups excluding carboxylic acids is 2. The van der Waals surface area contributed by atoms with E-state index in [1.54, 1.807) is 0 Å². The number of esters is 2. The number of hydrogen-bond donors (Lipinski definition) is 1. The molecule has 4 aliphatic carbocycles. The average molecular weight is 526 g/mol. The van der Waals surface area contributed by atoms with Gasteiger partial charge in [-0.2, -0.15) is 34.8 Å². The molecule has 4 aliphatic rings. The molecule has 4 rings (SSSR count). The third kappa shape index (κ3) is 4.74. The second-order valence-electron chi connectivity index (χ2n) is 9.35. The summed E-state index contributed by atoms with van der Waals surface area (Å²) in [6.07, 6.45) is -5.26. The molecule has 4 bridgehead atoms. The summed E-state index contributed by atoms with van der Waals surface area (Å²) < 4.78 is 126. The van der Waals surface area contributed by atoms with Crippen molar-refractivity contribution in [1.29, 1.82) is 0 Å². The Bertz CT molecular complexity index is 923. The molecule has 0 saturated heterocycles. The standard InChI is InChI=1S/C19H24F6O8S/c1-2-31-14(27)18(22,23)33-16-8-11-5-12(9-16)7-15(6-11,10-16)13(26)32-4-3-17(20,21)19(24,25)34(28,29)30/h11-12H,2-10H2,1H3,(H,28,29,30). The number of rotatable bonds is 10. The summed E-state index contributed by atoms with van der Waals surface area (Å²) in [6, 6.07) is 0. The lowest BCUT2D eigenvalue weighted by atomic mass is 9.48. The van der Waals surface area contributed by atoms with Crippen LogP contribution in [-0.2, 0) is 33.9 Å². The minimum atomic E-state index is -6.43. The predicted octanol–water partition coefficient (Wildman–Crippen LogP) is 3.55. The molecule has 0 spiro atoms. The fourth-order valence-corrected chi connectivity index (χ4v) is 6.30. The van der Waals surface area contributed by atoms with Crippen molar-refractivity contribution in [3.05, 3.63) is 0 Å². The topological polar surface area (TPSA) is 116 Å². The van der Waals surface area contributed by atoms with Crippen molar-refractivity contribution in [2.45, 2.75) is 74.8 Å². The Morgan fingerprint density at radius 3 is 2.06 bits per heavy atom. The molecule has 0 aliphatic heterocycles. The minimum Gasteiger partial charge on any atom is -0.465 e.